The summed E-state index contributed by atoms with van der Waals surface area (Å²) < 4.78 is 6.14. The zero-order chi connectivity index (χ0) is 13.7. The highest BCUT2D eigenvalue weighted by atomic mass is 79.9. The summed E-state index contributed by atoms with van der Waals surface area (Å²) in [5, 5.41) is 2.88. The van der Waals surface area contributed by atoms with Gasteiger partial charge in [-0.1, -0.05) is 12.1 Å². The first-order valence-electron chi connectivity index (χ1n) is 6.03. The molecular formula is C14H16BrN2O2+. The van der Waals surface area contributed by atoms with E-state index in [1.807, 2.05) is 43.4 Å². The van der Waals surface area contributed by atoms with Crippen molar-refractivity contribution in [3.05, 3.63) is 52.9 Å². The summed E-state index contributed by atoms with van der Waals surface area (Å²) in [6, 6.07) is 11.3. The predicted octanol–water partition coefficient (Wildman–Crippen LogP) is 1.70. The fourth-order valence-corrected chi connectivity index (χ4v) is 2.19. The number of benzene rings is 1. The van der Waals surface area contributed by atoms with Gasteiger partial charge in [0, 0.05) is 4.47 Å². The van der Waals surface area contributed by atoms with Gasteiger partial charge >= 0.3 is 0 Å². The molecule has 4 nitrogen and oxygen atoms in total. The third-order valence-corrected chi connectivity index (χ3v) is 3.36. The van der Waals surface area contributed by atoms with Crippen molar-refractivity contribution in [2.45, 2.75) is 6.54 Å². The lowest BCUT2D eigenvalue weighted by molar-refractivity contribution is -0.886. The van der Waals surface area contributed by atoms with Crippen molar-refractivity contribution < 1.29 is 14.1 Å². The second-order valence-corrected chi connectivity index (χ2v) is 5.27. The normalized spacial score (nSPS) is 12.1. The summed E-state index contributed by atoms with van der Waals surface area (Å²) in [4.78, 5) is 13.0. The third-order valence-electron chi connectivity index (χ3n) is 2.67. The van der Waals surface area contributed by atoms with Crippen LogP contribution in [0, 0.1) is 0 Å². The molecule has 2 aromatic rings. The van der Waals surface area contributed by atoms with E-state index < -0.39 is 0 Å². The molecule has 0 bridgehead atoms. The molecule has 0 saturated heterocycles. The van der Waals surface area contributed by atoms with E-state index in [4.69, 9.17) is 4.42 Å². The van der Waals surface area contributed by atoms with Crippen LogP contribution in [0.3, 0.4) is 0 Å². The zero-order valence-corrected chi connectivity index (χ0v) is 12.2. The molecule has 0 spiro atoms. The molecular weight excluding hydrogens is 308 g/mol. The Balaban J connectivity index is 1.86. The number of furan rings is 1. The second kappa shape index (κ2) is 6.54. The summed E-state index contributed by atoms with van der Waals surface area (Å²) >= 11 is 3.40. The lowest BCUT2D eigenvalue weighted by Crippen LogP contribution is -3.08. The van der Waals surface area contributed by atoms with Gasteiger partial charge in [-0.05, 0) is 40.2 Å². The van der Waals surface area contributed by atoms with Gasteiger partial charge in [0.25, 0.3) is 5.91 Å². The molecule has 0 aliphatic heterocycles. The first-order chi connectivity index (χ1) is 9.15. The number of hydrogen-bond acceptors (Lipinski definition) is 2. The maximum Gasteiger partial charge on any atom is 0.279 e. The molecule has 1 amide bonds. The van der Waals surface area contributed by atoms with Gasteiger partial charge in [-0.25, -0.2) is 0 Å². The molecule has 100 valence electrons. The molecule has 0 aliphatic carbocycles. The Bertz CT molecular complexity index is 540. The summed E-state index contributed by atoms with van der Waals surface area (Å²) in [5.41, 5.74) is 0.790. The van der Waals surface area contributed by atoms with Gasteiger partial charge in [0.05, 0.1) is 19.0 Å². The maximum absolute atomic E-state index is 11.9. The van der Waals surface area contributed by atoms with Crippen LogP contribution in [-0.4, -0.2) is 19.5 Å². The van der Waals surface area contributed by atoms with Crippen LogP contribution in [0.5, 0.6) is 0 Å². The van der Waals surface area contributed by atoms with Gasteiger partial charge in [-0.2, -0.15) is 0 Å². The van der Waals surface area contributed by atoms with Crippen molar-refractivity contribution >= 4 is 27.5 Å². The molecule has 2 N–H and O–H groups in total. The summed E-state index contributed by atoms with van der Waals surface area (Å²) in [5.74, 6) is 0.863. The minimum absolute atomic E-state index is 0.0176. The standard InChI is InChI=1S/C14H15BrN2O2/c1-17(9-11-5-4-8-19-11)10-14(18)16-13-7-3-2-6-12(13)15/h2-8H,9-10H2,1H3,(H,16,18)/p+1. The Labute approximate surface area is 120 Å². The second-order valence-electron chi connectivity index (χ2n) is 4.42. The van der Waals surface area contributed by atoms with Gasteiger partial charge < -0.3 is 14.6 Å². The molecule has 5 heteroatoms. The number of anilines is 1. The molecule has 1 heterocycles. The van der Waals surface area contributed by atoms with Gasteiger partial charge in [0.15, 0.2) is 12.3 Å². The molecule has 1 atom stereocenters. The van der Waals surface area contributed by atoms with Gasteiger partial charge in [0.1, 0.15) is 6.54 Å². The third kappa shape index (κ3) is 4.22. The van der Waals surface area contributed by atoms with Crippen LogP contribution in [0.4, 0.5) is 5.69 Å². The SMILES string of the molecule is C[NH+](CC(=O)Nc1ccccc1Br)Cc1ccco1. The minimum atomic E-state index is -0.0176. The molecule has 1 aromatic heterocycles. The van der Waals surface area contributed by atoms with Crippen LogP contribution in [0.15, 0.2) is 51.6 Å². The molecule has 1 unspecified atom stereocenters. The lowest BCUT2D eigenvalue weighted by atomic mass is 10.3. The van der Waals surface area contributed by atoms with Crippen molar-refractivity contribution in [1.29, 1.82) is 0 Å². The van der Waals surface area contributed by atoms with Crippen molar-refractivity contribution in [3.8, 4) is 0 Å². The maximum atomic E-state index is 11.9. The quantitative estimate of drug-likeness (QED) is 0.879. The Hall–Kier alpha value is -1.59. The number of likely N-dealkylation sites (N-methyl/N-ethyl adjacent to an activating group) is 1. The van der Waals surface area contributed by atoms with E-state index in [1.165, 1.54) is 0 Å². The molecule has 0 fully saturated rings. The number of nitrogens with one attached hydrogen (secondary N) is 2. The van der Waals surface area contributed by atoms with Crippen LogP contribution >= 0.6 is 15.9 Å². The summed E-state index contributed by atoms with van der Waals surface area (Å²) in [6.45, 7) is 1.08. The number of amides is 1. The fraction of sp³-hybridized carbons (Fsp3) is 0.214. The Kier molecular flexibility index (Phi) is 4.76. The first-order valence-corrected chi connectivity index (χ1v) is 6.82. The van der Waals surface area contributed by atoms with E-state index in [0.717, 1.165) is 20.8 Å². The van der Waals surface area contributed by atoms with Gasteiger partial charge in [0.2, 0.25) is 0 Å². The van der Waals surface area contributed by atoms with E-state index in [2.05, 4.69) is 21.2 Å². The molecule has 19 heavy (non-hydrogen) atoms. The molecule has 0 aliphatic rings. The minimum Gasteiger partial charge on any atom is -0.463 e. The number of para-hydroxylation sites is 1. The smallest absolute Gasteiger partial charge is 0.279 e. The number of quaternary nitrogens is 1. The van der Waals surface area contributed by atoms with E-state index in [0.29, 0.717) is 13.1 Å². The van der Waals surface area contributed by atoms with Crippen LogP contribution in [0.2, 0.25) is 0 Å². The Morgan fingerprint density at radius 3 is 2.79 bits per heavy atom. The average Bonchev–Trinajstić information content (AvgIpc) is 2.84. The van der Waals surface area contributed by atoms with E-state index in [-0.39, 0.29) is 5.91 Å². The highest BCUT2D eigenvalue weighted by Gasteiger charge is 2.12. The molecule has 2 rings (SSSR count). The van der Waals surface area contributed by atoms with E-state index in [9.17, 15) is 4.79 Å². The number of carbonyl (C=O) groups excluding carboxylic acids is 1. The van der Waals surface area contributed by atoms with Crippen molar-refractivity contribution in [1.82, 2.24) is 0 Å². The summed E-state index contributed by atoms with van der Waals surface area (Å²) in [7, 11) is 1.96. The average molecular weight is 324 g/mol. The number of hydrogen-bond donors (Lipinski definition) is 2. The highest BCUT2D eigenvalue weighted by molar-refractivity contribution is 9.10. The van der Waals surface area contributed by atoms with Crippen LogP contribution in [-0.2, 0) is 11.3 Å². The number of halogens is 1. The Morgan fingerprint density at radius 2 is 2.11 bits per heavy atom. The predicted molar refractivity (Wildman–Crippen MR) is 76.9 cm³/mol. The molecule has 1 aromatic carbocycles. The van der Waals surface area contributed by atoms with Crippen molar-refractivity contribution in [2.24, 2.45) is 0 Å². The van der Waals surface area contributed by atoms with Gasteiger partial charge in [-0.15, -0.1) is 0 Å². The largest absolute Gasteiger partial charge is 0.463 e. The Morgan fingerprint density at radius 1 is 1.32 bits per heavy atom. The number of carbonyl (C=O) groups is 1. The van der Waals surface area contributed by atoms with E-state index in [1.54, 1.807) is 6.26 Å². The van der Waals surface area contributed by atoms with Crippen molar-refractivity contribution in [3.63, 3.8) is 0 Å². The topological polar surface area (TPSA) is 46.7 Å². The van der Waals surface area contributed by atoms with Gasteiger partial charge in [-0.3, -0.25) is 4.79 Å². The molecule has 0 radical (unpaired) electrons. The van der Waals surface area contributed by atoms with Crippen LogP contribution in [0.25, 0.3) is 0 Å². The monoisotopic (exact) mass is 323 g/mol. The zero-order valence-electron chi connectivity index (χ0n) is 10.7. The highest BCUT2D eigenvalue weighted by Crippen LogP contribution is 2.20. The van der Waals surface area contributed by atoms with Crippen LogP contribution < -0.4 is 10.2 Å². The van der Waals surface area contributed by atoms with E-state index >= 15 is 0 Å². The molecule has 0 saturated carbocycles. The lowest BCUT2D eigenvalue weighted by Gasteiger charge is -2.13. The van der Waals surface area contributed by atoms with Crippen LogP contribution in [0.1, 0.15) is 5.76 Å². The summed E-state index contributed by atoms with van der Waals surface area (Å²) in [6.07, 6.45) is 1.64. The number of rotatable bonds is 5. The first kappa shape index (κ1) is 13.8. The fourth-order valence-electron chi connectivity index (χ4n) is 1.80. The van der Waals surface area contributed by atoms with Crippen molar-refractivity contribution in [2.75, 3.05) is 18.9 Å².